The number of aryl methyl sites for hydroxylation is 2. The van der Waals surface area contributed by atoms with Crippen molar-refractivity contribution in [3.8, 4) is 0 Å². The summed E-state index contributed by atoms with van der Waals surface area (Å²) in [6.07, 6.45) is 1.02. The molecule has 0 spiro atoms. The third-order valence-electron chi connectivity index (χ3n) is 2.71. The van der Waals surface area contributed by atoms with Crippen molar-refractivity contribution in [3.63, 3.8) is 0 Å². The molecule has 0 aliphatic heterocycles. The topological polar surface area (TPSA) is 46.1 Å². The molecule has 0 saturated carbocycles. The van der Waals surface area contributed by atoms with E-state index in [-0.39, 0.29) is 5.91 Å². The molecule has 1 aromatic heterocycles. The standard InChI is InChI=1S/C13H23N3O/c1-10(2)7-8-14-13(17)9-15-16-11(3)5-6-12(16)4/h5-6,10,15H,7-9H2,1-4H3,(H,14,17). The molecule has 0 saturated heterocycles. The lowest BCUT2D eigenvalue weighted by atomic mass is 10.1. The smallest absolute Gasteiger partial charge is 0.240 e. The van der Waals surface area contributed by atoms with E-state index in [0.29, 0.717) is 12.5 Å². The van der Waals surface area contributed by atoms with Gasteiger partial charge in [0.25, 0.3) is 0 Å². The minimum Gasteiger partial charge on any atom is -0.355 e. The van der Waals surface area contributed by atoms with Crippen molar-refractivity contribution in [3.05, 3.63) is 23.5 Å². The number of carbonyl (C=O) groups excluding carboxylic acids is 1. The highest BCUT2D eigenvalue weighted by atomic mass is 16.2. The Bertz CT molecular complexity index is 349. The van der Waals surface area contributed by atoms with Crippen LogP contribution in [0.15, 0.2) is 12.1 Å². The molecule has 2 N–H and O–H groups in total. The average molecular weight is 237 g/mol. The van der Waals surface area contributed by atoms with Crippen LogP contribution in [-0.2, 0) is 4.79 Å². The molecule has 0 unspecified atom stereocenters. The fraction of sp³-hybridized carbons (Fsp3) is 0.615. The highest BCUT2D eigenvalue weighted by molar-refractivity contribution is 5.79. The second kappa shape index (κ2) is 6.33. The van der Waals surface area contributed by atoms with Gasteiger partial charge in [-0.25, -0.2) is 0 Å². The van der Waals surface area contributed by atoms with Gasteiger partial charge in [-0.2, -0.15) is 0 Å². The van der Waals surface area contributed by atoms with Gasteiger partial charge in [-0.3, -0.25) is 9.47 Å². The quantitative estimate of drug-likeness (QED) is 0.792. The van der Waals surface area contributed by atoms with E-state index in [0.717, 1.165) is 24.4 Å². The van der Waals surface area contributed by atoms with Crippen molar-refractivity contribution in [1.29, 1.82) is 0 Å². The zero-order valence-corrected chi connectivity index (χ0v) is 11.2. The van der Waals surface area contributed by atoms with Crippen molar-refractivity contribution in [2.45, 2.75) is 34.1 Å². The first-order chi connectivity index (χ1) is 8.00. The lowest BCUT2D eigenvalue weighted by Gasteiger charge is -2.13. The molecule has 4 heteroatoms. The molecule has 1 aromatic rings. The van der Waals surface area contributed by atoms with Gasteiger partial charge in [-0.15, -0.1) is 0 Å². The largest absolute Gasteiger partial charge is 0.355 e. The molecule has 96 valence electrons. The van der Waals surface area contributed by atoms with Crippen molar-refractivity contribution in [2.75, 3.05) is 18.5 Å². The number of aromatic nitrogens is 1. The van der Waals surface area contributed by atoms with Gasteiger partial charge in [0.2, 0.25) is 5.91 Å². The van der Waals surface area contributed by atoms with Gasteiger partial charge in [0.05, 0.1) is 0 Å². The molecule has 4 nitrogen and oxygen atoms in total. The van der Waals surface area contributed by atoms with Crippen LogP contribution in [0.25, 0.3) is 0 Å². The average Bonchev–Trinajstić information content (AvgIpc) is 2.55. The van der Waals surface area contributed by atoms with Crippen molar-refractivity contribution >= 4 is 5.91 Å². The molecule has 1 heterocycles. The molecular weight excluding hydrogens is 214 g/mol. The summed E-state index contributed by atoms with van der Waals surface area (Å²) in [6, 6.07) is 4.05. The summed E-state index contributed by atoms with van der Waals surface area (Å²) in [7, 11) is 0. The molecule has 1 rings (SSSR count). The number of amides is 1. The molecule has 17 heavy (non-hydrogen) atoms. The summed E-state index contributed by atoms with van der Waals surface area (Å²) < 4.78 is 1.93. The van der Waals surface area contributed by atoms with E-state index in [1.54, 1.807) is 0 Å². The highest BCUT2D eigenvalue weighted by Gasteiger charge is 2.04. The Morgan fingerprint density at radius 1 is 1.29 bits per heavy atom. The van der Waals surface area contributed by atoms with E-state index >= 15 is 0 Å². The highest BCUT2D eigenvalue weighted by Crippen LogP contribution is 2.03. The number of hydrogen-bond acceptors (Lipinski definition) is 2. The van der Waals surface area contributed by atoms with Crippen LogP contribution < -0.4 is 10.7 Å². The molecular formula is C13H23N3O. The Morgan fingerprint density at radius 2 is 1.88 bits per heavy atom. The molecule has 0 radical (unpaired) electrons. The lowest BCUT2D eigenvalue weighted by Crippen LogP contribution is -2.34. The summed E-state index contributed by atoms with van der Waals surface area (Å²) in [5.74, 6) is 0.662. The van der Waals surface area contributed by atoms with Gasteiger partial charge < -0.3 is 10.7 Å². The Morgan fingerprint density at radius 3 is 2.41 bits per heavy atom. The monoisotopic (exact) mass is 237 g/mol. The predicted octanol–water partition coefficient (Wildman–Crippen LogP) is 1.81. The van der Waals surface area contributed by atoms with Crippen molar-refractivity contribution in [2.24, 2.45) is 5.92 Å². The maximum atomic E-state index is 11.6. The van der Waals surface area contributed by atoms with E-state index in [1.165, 1.54) is 0 Å². The Labute approximate surface area is 103 Å². The first kappa shape index (κ1) is 13.6. The van der Waals surface area contributed by atoms with Gasteiger partial charge in [0.15, 0.2) is 0 Å². The zero-order chi connectivity index (χ0) is 12.8. The van der Waals surface area contributed by atoms with Gasteiger partial charge >= 0.3 is 0 Å². The number of nitrogens with zero attached hydrogens (tertiary/aromatic N) is 1. The van der Waals surface area contributed by atoms with E-state index in [2.05, 4.69) is 24.6 Å². The molecule has 0 aliphatic carbocycles. The van der Waals surface area contributed by atoms with Crippen LogP contribution in [0.4, 0.5) is 0 Å². The molecule has 0 bridgehead atoms. The minimum atomic E-state index is 0.0400. The lowest BCUT2D eigenvalue weighted by molar-refractivity contribution is -0.119. The fourth-order valence-electron chi connectivity index (χ4n) is 1.63. The van der Waals surface area contributed by atoms with Crippen LogP contribution in [0.1, 0.15) is 31.7 Å². The normalized spacial score (nSPS) is 10.6. The second-order valence-corrected chi connectivity index (χ2v) is 4.82. The number of hydrogen-bond donors (Lipinski definition) is 2. The molecule has 0 aromatic carbocycles. The Balaban J connectivity index is 2.29. The summed E-state index contributed by atoms with van der Waals surface area (Å²) >= 11 is 0. The summed E-state index contributed by atoms with van der Waals surface area (Å²) in [4.78, 5) is 11.6. The van der Waals surface area contributed by atoms with Crippen LogP contribution in [0.2, 0.25) is 0 Å². The van der Waals surface area contributed by atoms with Gasteiger partial charge in [-0.05, 0) is 38.3 Å². The van der Waals surface area contributed by atoms with Crippen LogP contribution in [0.3, 0.4) is 0 Å². The fourth-order valence-corrected chi connectivity index (χ4v) is 1.63. The van der Waals surface area contributed by atoms with Crippen molar-refractivity contribution < 1.29 is 4.79 Å². The maximum absolute atomic E-state index is 11.6. The molecule has 0 aliphatic rings. The molecule has 1 amide bonds. The zero-order valence-electron chi connectivity index (χ0n) is 11.2. The Hall–Kier alpha value is -1.45. The minimum absolute atomic E-state index is 0.0400. The van der Waals surface area contributed by atoms with Gasteiger partial charge in [0.1, 0.15) is 6.54 Å². The van der Waals surface area contributed by atoms with E-state index in [1.807, 2.05) is 30.7 Å². The van der Waals surface area contributed by atoms with E-state index in [9.17, 15) is 4.79 Å². The maximum Gasteiger partial charge on any atom is 0.240 e. The number of rotatable bonds is 6. The third kappa shape index (κ3) is 4.51. The van der Waals surface area contributed by atoms with Gasteiger partial charge in [0, 0.05) is 17.9 Å². The van der Waals surface area contributed by atoms with E-state index in [4.69, 9.17) is 0 Å². The number of nitrogens with one attached hydrogen (secondary N) is 2. The molecule has 0 atom stereocenters. The summed E-state index contributed by atoms with van der Waals surface area (Å²) in [6.45, 7) is 9.39. The van der Waals surface area contributed by atoms with Crippen LogP contribution >= 0.6 is 0 Å². The van der Waals surface area contributed by atoms with E-state index < -0.39 is 0 Å². The second-order valence-electron chi connectivity index (χ2n) is 4.82. The first-order valence-electron chi connectivity index (χ1n) is 6.16. The van der Waals surface area contributed by atoms with Gasteiger partial charge in [-0.1, -0.05) is 13.8 Å². The summed E-state index contributed by atoms with van der Waals surface area (Å²) in [5, 5.41) is 2.90. The molecule has 0 fully saturated rings. The Kier molecular flexibility index (Phi) is 5.07. The SMILES string of the molecule is Cc1ccc(C)n1NCC(=O)NCCC(C)C. The third-order valence-corrected chi connectivity index (χ3v) is 2.71. The van der Waals surface area contributed by atoms with Crippen LogP contribution in [0, 0.1) is 19.8 Å². The predicted molar refractivity (Wildman–Crippen MR) is 70.6 cm³/mol. The van der Waals surface area contributed by atoms with Crippen LogP contribution in [0.5, 0.6) is 0 Å². The van der Waals surface area contributed by atoms with Crippen LogP contribution in [-0.4, -0.2) is 23.7 Å². The van der Waals surface area contributed by atoms with Crippen molar-refractivity contribution in [1.82, 2.24) is 9.99 Å². The summed E-state index contributed by atoms with van der Waals surface area (Å²) in [5.41, 5.74) is 5.32. The first-order valence-corrected chi connectivity index (χ1v) is 6.16. The number of carbonyl (C=O) groups is 1.